The molecule has 3 aromatic carbocycles. The second kappa shape index (κ2) is 12.1. The third kappa shape index (κ3) is 6.25. The van der Waals surface area contributed by atoms with E-state index < -0.39 is 24.0 Å². The summed E-state index contributed by atoms with van der Waals surface area (Å²) in [5, 5.41) is 17.6. The summed E-state index contributed by atoms with van der Waals surface area (Å²) < 4.78 is 4.93. The number of carbonyl (C=O) groups excluding carboxylic acids is 2. The molecule has 0 aliphatic carbocycles. The normalized spacial score (nSPS) is 12.5. The smallest absolute Gasteiger partial charge is 0.326 e. The lowest BCUT2D eigenvalue weighted by atomic mass is 9.99. The maximum Gasteiger partial charge on any atom is 0.326 e. The maximum absolute atomic E-state index is 13.8. The molecule has 42 heavy (non-hydrogen) atoms. The Bertz CT molecular complexity index is 1700. The first-order chi connectivity index (χ1) is 20.2. The molecule has 0 spiro atoms. The summed E-state index contributed by atoms with van der Waals surface area (Å²) >= 11 is 0. The third-order valence-electron chi connectivity index (χ3n) is 7.39. The van der Waals surface area contributed by atoms with E-state index in [0.717, 1.165) is 38.7 Å². The highest BCUT2D eigenvalue weighted by molar-refractivity contribution is 5.98. The van der Waals surface area contributed by atoms with Gasteiger partial charge in [-0.1, -0.05) is 64.8 Å². The zero-order chi connectivity index (χ0) is 29.8. The number of para-hydroxylation sites is 1. The van der Waals surface area contributed by atoms with E-state index in [0.29, 0.717) is 11.3 Å². The molecular weight excluding hydrogens is 532 g/mol. The van der Waals surface area contributed by atoms with Gasteiger partial charge in [-0.05, 0) is 43.2 Å². The van der Waals surface area contributed by atoms with Crippen LogP contribution in [0.25, 0.3) is 22.2 Å². The van der Waals surface area contributed by atoms with Crippen LogP contribution < -0.4 is 5.32 Å². The number of nitrogens with one attached hydrogen (secondary N) is 2. The van der Waals surface area contributed by atoms with Crippen molar-refractivity contribution in [1.82, 2.24) is 20.4 Å². The van der Waals surface area contributed by atoms with E-state index in [1.807, 2.05) is 68.4 Å². The second-order valence-corrected chi connectivity index (χ2v) is 10.6. The molecule has 5 aromatic rings. The number of aryl methyl sites for hydroxylation is 2. The van der Waals surface area contributed by atoms with Crippen LogP contribution in [0.2, 0.25) is 0 Å². The summed E-state index contributed by atoms with van der Waals surface area (Å²) in [7, 11) is 1.57. The van der Waals surface area contributed by atoms with E-state index >= 15 is 0 Å². The van der Waals surface area contributed by atoms with Gasteiger partial charge in [-0.15, -0.1) is 0 Å². The van der Waals surface area contributed by atoms with Crippen molar-refractivity contribution in [3.8, 4) is 11.3 Å². The number of fused-ring (bicyclic) bond motifs is 1. The number of rotatable bonds is 10. The van der Waals surface area contributed by atoms with Crippen LogP contribution in [0, 0.1) is 13.8 Å². The number of carboxylic acid groups (broad SMARTS) is 1. The van der Waals surface area contributed by atoms with Gasteiger partial charge in [0.2, 0.25) is 5.91 Å². The zero-order valence-corrected chi connectivity index (χ0v) is 23.6. The average Bonchev–Trinajstić information content (AvgIpc) is 3.65. The number of aliphatic carboxylic acids is 1. The third-order valence-corrected chi connectivity index (χ3v) is 7.39. The van der Waals surface area contributed by atoms with Crippen LogP contribution in [0.4, 0.5) is 0 Å². The van der Waals surface area contributed by atoms with Gasteiger partial charge in [-0.2, -0.15) is 0 Å². The van der Waals surface area contributed by atoms with Crippen LogP contribution in [0.3, 0.4) is 0 Å². The Morgan fingerprint density at radius 2 is 1.69 bits per heavy atom. The molecule has 0 aliphatic rings. The Kier molecular flexibility index (Phi) is 8.19. The van der Waals surface area contributed by atoms with Gasteiger partial charge in [-0.3, -0.25) is 9.59 Å². The monoisotopic (exact) mass is 564 g/mol. The number of likely N-dealkylation sites (N-methyl/N-ethyl adjacent to an activating group) is 1. The predicted octanol–water partition coefficient (Wildman–Crippen LogP) is 4.94. The number of hydrogen-bond acceptors (Lipinski definition) is 5. The van der Waals surface area contributed by atoms with E-state index in [1.165, 1.54) is 11.2 Å². The number of H-pyrrole nitrogens is 1. The second-order valence-electron chi connectivity index (χ2n) is 10.6. The fourth-order valence-corrected chi connectivity index (χ4v) is 5.23. The maximum atomic E-state index is 13.8. The standard InChI is InChI=1S/C33H32N4O5/c1-20-14-21(2)16-24(15-20)32(39)37(3)30(17-22-8-10-23(11-9-22)27-12-13-42-36-27)31(38)35-29(33(40)41)18-25-19-34-28-7-5-4-6-26(25)28/h4-16,19,29-30,34H,17-18H2,1-3H3,(H,35,38)(H,40,41)/t29-,30+/m0/s1. The summed E-state index contributed by atoms with van der Waals surface area (Å²) in [5.74, 6) is -2.04. The van der Waals surface area contributed by atoms with E-state index in [9.17, 15) is 19.5 Å². The van der Waals surface area contributed by atoms with Crippen molar-refractivity contribution in [2.45, 2.75) is 38.8 Å². The number of aromatic nitrogens is 2. The van der Waals surface area contributed by atoms with Crippen LogP contribution >= 0.6 is 0 Å². The quantitative estimate of drug-likeness (QED) is 0.221. The largest absolute Gasteiger partial charge is 0.480 e. The van der Waals surface area contributed by atoms with Crippen molar-refractivity contribution in [3.63, 3.8) is 0 Å². The molecule has 9 heteroatoms. The summed E-state index contributed by atoms with van der Waals surface area (Å²) in [4.78, 5) is 44.3. The minimum absolute atomic E-state index is 0.0823. The molecule has 0 fully saturated rings. The zero-order valence-electron chi connectivity index (χ0n) is 23.6. The fraction of sp³-hybridized carbons (Fsp3) is 0.212. The van der Waals surface area contributed by atoms with Crippen molar-refractivity contribution in [2.75, 3.05) is 7.05 Å². The van der Waals surface area contributed by atoms with Crippen molar-refractivity contribution in [3.05, 3.63) is 113 Å². The number of amides is 2. The molecule has 5 rings (SSSR count). The number of benzene rings is 3. The first-order valence-electron chi connectivity index (χ1n) is 13.6. The van der Waals surface area contributed by atoms with E-state index in [2.05, 4.69) is 15.5 Å². The molecule has 9 nitrogen and oxygen atoms in total. The number of nitrogens with zero attached hydrogens (tertiary/aromatic N) is 2. The van der Waals surface area contributed by atoms with E-state index in [1.54, 1.807) is 31.4 Å². The topological polar surface area (TPSA) is 129 Å². The fourth-order valence-electron chi connectivity index (χ4n) is 5.23. The highest BCUT2D eigenvalue weighted by Gasteiger charge is 2.32. The number of carboxylic acids is 1. The van der Waals surface area contributed by atoms with Gasteiger partial charge in [0.05, 0.1) is 0 Å². The van der Waals surface area contributed by atoms with Crippen LogP contribution in [0.15, 0.2) is 89.8 Å². The number of hydrogen-bond donors (Lipinski definition) is 3. The summed E-state index contributed by atoms with van der Waals surface area (Å²) in [6, 6.07) is 20.2. The minimum atomic E-state index is -1.20. The first kappa shape index (κ1) is 28.4. The van der Waals surface area contributed by atoms with Gasteiger partial charge >= 0.3 is 5.97 Å². The molecule has 2 heterocycles. The van der Waals surface area contributed by atoms with Crippen LogP contribution in [0.1, 0.15) is 32.6 Å². The van der Waals surface area contributed by atoms with Crippen LogP contribution in [-0.2, 0) is 22.4 Å². The lowest BCUT2D eigenvalue weighted by molar-refractivity contribution is -0.142. The average molecular weight is 565 g/mol. The van der Waals surface area contributed by atoms with Gasteiger partial charge in [0.25, 0.3) is 5.91 Å². The van der Waals surface area contributed by atoms with E-state index in [-0.39, 0.29) is 18.7 Å². The molecule has 2 atom stereocenters. The van der Waals surface area contributed by atoms with Gasteiger partial charge in [0.15, 0.2) is 0 Å². The highest BCUT2D eigenvalue weighted by atomic mass is 16.5. The van der Waals surface area contributed by atoms with Crippen LogP contribution in [-0.4, -0.2) is 57.1 Å². The van der Waals surface area contributed by atoms with E-state index in [4.69, 9.17) is 4.52 Å². The molecule has 0 radical (unpaired) electrons. The summed E-state index contributed by atoms with van der Waals surface area (Å²) in [6.45, 7) is 3.82. The molecule has 3 N–H and O–H groups in total. The molecule has 214 valence electrons. The Hall–Kier alpha value is -5.18. The molecule has 0 saturated heterocycles. The number of aromatic amines is 1. The lowest BCUT2D eigenvalue weighted by Gasteiger charge is -2.29. The van der Waals surface area contributed by atoms with Crippen molar-refractivity contribution in [2.24, 2.45) is 0 Å². The Labute approximate surface area is 243 Å². The molecule has 0 saturated carbocycles. The predicted molar refractivity (Wildman–Crippen MR) is 159 cm³/mol. The molecule has 0 aliphatic heterocycles. The Morgan fingerprint density at radius 3 is 2.36 bits per heavy atom. The van der Waals surface area contributed by atoms with Crippen molar-refractivity contribution < 1.29 is 24.0 Å². The van der Waals surface area contributed by atoms with Crippen LogP contribution in [0.5, 0.6) is 0 Å². The van der Waals surface area contributed by atoms with Crippen molar-refractivity contribution >= 4 is 28.7 Å². The number of carbonyl (C=O) groups is 3. The Morgan fingerprint density at radius 1 is 0.976 bits per heavy atom. The molecule has 0 bridgehead atoms. The Balaban J connectivity index is 1.42. The van der Waals surface area contributed by atoms with Gasteiger partial charge < -0.3 is 24.8 Å². The minimum Gasteiger partial charge on any atom is -0.480 e. The molecule has 0 unspecified atom stereocenters. The summed E-state index contributed by atoms with van der Waals surface area (Å²) in [6.07, 6.45) is 3.51. The molecular formula is C33H32N4O5. The molecule has 2 amide bonds. The molecule has 2 aromatic heterocycles. The first-order valence-corrected chi connectivity index (χ1v) is 13.6. The van der Waals surface area contributed by atoms with Crippen molar-refractivity contribution in [1.29, 1.82) is 0 Å². The SMILES string of the molecule is Cc1cc(C)cc(C(=O)N(C)[C@H](Cc2ccc(-c3ccon3)cc2)C(=O)N[C@@H](Cc2c[nH]c3ccccc23)C(=O)O)c1. The lowest BCUT2D eigenvalue weighted by Crippen LogP contribution is -2.53. The summed E-state index contributed by atoms with van der Waals surface area (Å²) in [5.41, 5.74) is 6.31. The van der Waals surface area contributed by atoms with Gasteiger partial charge in [0.1, 0.15) is 24.0 Å². The van der Waals surface area contributed by atoms with Gasteiger partial charge in [0, 0.05) is 54.2 Å². The van der Waals surface area contributed by atoms with Gasteiger partial charge in [-0.25, -0.2) is 4.79 Å². The highest BCUT2D eigenvalue weighted by Crippen LogP contribution is 2.22.